The summed E-state index contributed by atoms with van der Waals surface area (Å²) < 4.78 is 25.1. The zero-order valence-electron chi connectivity index (χ0n) is 10.2. The lowest BCUT2D eigenvalue weighted by Crippen LogP contribution is -2.05. The molecule has 0 unspecified atom stereocenters. The van der Waals surface area contributed by atoms with Gasteiger partial charge in [0.2, 0.25) is 5.91 Å². The Morgan fingerprint density at radius 1 is 1.17 bits per heavy atom. The summed E-state index contributed by atoms with van der Waals surface area (Å²) in [7, 11) is -1.32. The monoisotopic (exact) mass is 275 g/mol. The number of anilines is 1. The molecule has 0 saturated heterocycles. The van der Waals surface area contributed by atoms with Crippen LogP contribution in [-0.2, 0) is 23.1 Å². The summed E-state index contributed by atoms with van der Waals surface area (Å²) >= 11 is 0. The second kappa shape index (κ2) is 6.51. The van der Waals surface area contributed by atoms with E-state index in [1.54, 1.807) is 12.1 Å². The minimum Gasteiger partial charge on any atom is -0.327 e. The van der Waals surface area contributed by atoms with Crippen molar-refractivity contribution < 1.29 is 28.0 Å². The molecule has 1 aromatic carbocycles. The van der Waals surface area contributed by atoms with Crippen LogP contribution in [0, 0.1) is 0 Å². The Labute approximate surface area is 105 Å². The van der Waals surface area contributed by atoms with E-state index < -0.39 is 7.82 Å². The van der Waals surface area contributed by atoms with E-state index in [0.29, 0.717) is 11.4 Å². The smallest absolute Gasteiger partial charge is 0.327 e. The first-order valence-electron chi connectivity index (χ1n) is 4.94. The molecule has 0 atom stereocenters. The van der Waals surface area contributed by atoms with Crippen molar-refractivity contribution in [3.63, 3.8) is 0 Å². The minimum atomic E-state index is -3.67. The number of phosphoric acid groups is 1. The molecule has 0 radical (unpaired) electrons. The van der Waals surface area contributed by atoms with E-state index in [-0.39, 0.29) is 5.91 Å². The van der Waals surface area contributed by atoms with Crippen molar-refractivity contribution in [2.24, 2.45) is 0 Å². The highest BCUT2D eigenvalue weighted by Gasteiger charge is 2.25. The molecule has 0 aliphatic carbocycles. The van der Waals surface area contributed by atoms with E-state index in [0.717, 1.165) is 0 Å². The van der Waals surface area contributed by atoms with Crippen LogP contribution in [0.4, 0.5) is 5.69 Å². The summed E-state index contributed by atoms with van der Waals surface area (Å²) in [5.74, 6) is 0.113. The Kier molecular flexibility index (Phi) is 5.30. The van der Waals surface area contributed by atoms with E-state index in [2.05, 4.69) is 19.0 Å². The number of phosphoric ester groups is 1. The standard InChI is InChI=1S/C10H14NO6P/c1-8(12)11-9-4-6-10(7-5-9)16-17-18(13,14-2)15-3/h4-7H,1-3H3,(H,11,12). The maximum Gasteiger partial charge on any atom is 0.510 e. The Hall–Kier alpha value is -1.40. The molecule has 18 heavy (non-hydrogen) atoms. The zero-order valence-corrected chi connectivity index (χ0v) is 11.1. The van der Waals surface area contributed by atoms with Crippen molar-refractivity contribution >= 4 is 19.4 Å². The lowest BCUT2D eigenvalue weighted by atomic mass is 10.3. The first kappa shape index (κ1) is 14.7. The number of carbonyl (C=O) groups is 1. The average molecular weight is 275 g/mol. The zero-order chi connectivity index (χ0) is 13.6. The van der Waals surface area contributed by atoms with Gasteiger partial charge in [-0.2, -0.15) is 0 Å². The highest BCUT2D eigenvalue weighted by atomic mass is 31.2. The molecule has 1 amide bonds. The average Bonchev–Trinajstić information content (AvgIpc) is 2.37. The molecule has 1 rings (SSSR count). The summed E-state index contributed by atoms with van der Waals surface area (Å²) in [6, 6.07) is 6.26. The van der Waals surface area contributed by atoms with Gasteiger partial charge in [-0.1, -0.05) is 4.67 Å². The SMILES string of the molecule is COP(=O)(OC)OOc1ccc(NC(C)=O)cc1. The van der Waals surface area contributed by atoms with Crippen LogP contribution in [0.2, 0.25) is 0 Å². The molecule has 0 spiro atoms. The molecule has 8 heteroatoms. The van der Waals surface area contributed by atoms with Crippen molar-refractivity contribution in [2.45, 2.75) is 6.92 Å². The Bertz CT molecular complexity index is 438. The van der Waals surface area contributed by atoms with Gasteiger partial charge in [0.05, 0.1) is 0 Å². The van der Waals surface area contributed by atoms with Gasteiger partial charge in [-0.05, 0) is 24.3 Å². The summed E-state index contributed by atoms with van der Waals surface area (Å²) in [6.07, 6.45) is 0. The van der Waals surface area contributed by atoms with E-state index in [4.69, 9.17) is 4.89 Å². The molecular formula is C10H14NO6P. The van der Waals surface area contributed by atoms with Crippen molar-refractivity contribution in [1.82, 2.24) is 0 Å². The molecule has 100 valence electrons. The molecule has 0 bridgehead atoms. The molecule has 0 saturated carbocycles. The number of nitrogens with one attached hydrogen (secondary N) is 1. The Morgan fingerprint density at radius 2 is 1.72 bits per heavy atom. The van der Waals surface area contributed by atoms with Gasteiger partial charge in [0.1, 0.15) is 0 Å². The van der Waals surface area contributed by atoms with Gasteiger partial charge in [-0.15, -0.1) is 0 Å². The predicted octanol–water partition coefficient (Wildman–Crippen LogP) is 2.36. The van der Waals surface area contributed by atoms with E-state index >= 15 is 0 Å². The summed E-state index contributed by atoms with van der Waals surface area (Å²) in [5.41, 5.74) is 0.608. The molecule has 0 aliphatic rings. The summed E-state index contributed by atoms with van der Waals surface area (Å²) in [4.78, 5) is 15.6. The maximum absolute atomic E-state index is 11.5. The largest absolute Gasteiger partial charge is 0.510 e. The number of carbonyl (C=O) groups excluding carboxylic acids is 1. The van der Waals surface area contributed by atoms with Gasteiger partial charge in [0.25, 0.3) is 0 Å². The van der Waals surface area contributed by atoms with Crippen molar-refractivity contribution in [2.75, 3.05) is 19.5 Å². The molecule has 1 N–H and O–H groups in total. The lowest BCUT2D eigenvalue weighted by molar-refractivity contribution is -0.127. The van der Waals surface area contributed by atoms with Crippen LogP contribution in [0.5, 0.6) is 5.75 Å². The topological polar surface area (TPSA) is 83.1 Å². The fraction of sp³-hybridized carbons (Fsp3) is 0.300. The van der Waals surface area contributed by atoms with Gasteiger partial charge in [0.15, 0.2) is 5.75 Å². The first-order chi connectivity index (χ1) is 8.49. The second-order valence-electron chi connectivity index (χ2n) is 3.18. The minimum absolute atomic E-state index is 0.178. The van der Waals surface area contributed by atoms with Crippen molar-refractivity contribution in [3.8, 4) is 5.75 Å². The fourth-order valence-electron chi connectivity index (χ4n) is 1.02. The van der Waals surface area contributed by atoms with Crippen molar-refractivity contribution in [3.05, 3.63) is 24.3 Å². The molecule has 0 aliphatic heterocycles. The number of rotatable bonds is 6. The van der Waals surface area contributed by atoms with Gasteiger partial charge in [0, 0.05) is 26.8 Å². The molecular weight excluding hydrogens is 261 g/mol. The first-order valence-corrected chi connectivity index (χ1v) is 6.40. The Morgan fingerprint density at radius 3 is 2.17 bits per heavy atom. The molecule has 1 aromatic rings. The van der Waals surface area contributed by atoms with E-state index in [9.17, 15) is 9.36 Å². The number of hydrogen-bond acceptors (Lipinski definition) is 6. The van der Waals surface area contributed by atoms with Crippen LogP contribution < -0.4 is 10.2 Å². The van der Waals surface area contributed by atoms with Gasteiger partial charge in [-0.25, -0.2) is 4.57 Å². The number of amides is 1. The van der Waals surface area contributed by atoms with Crippen LogP contribution in [0.15, 0.2) is 24.3 Å². The third-order valence-corrected chi connectivity index (χ3v) is 3.00. The fourth-order valence-corrected chi connectivity index (χ4v) is 1.47. The maximum atomic E-state index is 11.5. The van der Waals surface area contributed by atoms with Gasteiger partial charge < -0.3 is 10.2 Å². The van der Waals surface area contributed by atoms with Crippen LogP contribution in [-0.4, -0.2) is 20.1 Å². The number of benzene rings is 1. The summed E-state index contributed by atoms with van der Waals surface area (Å²) in [6.45, 7) is 1.40. The third-order valence-electron chi connectivity index (χ3n) is 1.85. The quantitative estimate of drug-likeness (QED) is 0.487. The highest BCUT2D eigenvalue weighted by molar-refractivity contribution is 7.48. The molecule has 0 fully saturated rings. The van der Waals surface area contributed by atoms with Crippen molar-refractivity contribution in [1.29, 1.82) is 0 Å². The molecule has 0 heterocycles. The van der Waals surface area contributed by atoms with Crippen LogP contribution in [0.25, 0.3) is 0 Å². The molecule has 7 nitrogen and oxygen atoms in total. The van der Waals surface area contributed by atoms with E-state index in [1.165, 1.54) is 33.3 Å². The van der Waals surface area contributed by atoms with Crippen LogP contribution >= 0.6 is 7.82 Å². The van der Waals surface area contributed by atoms with Crippen LogP contribution in [0.1, 0.15) is 6.92 Å². The van der Waals surface area contributed by atoms with Crippen LogP contribution in [0.3, 0.4) is 0 Å². The second-order valence-corrected chi connectivity index (χ2v) is 4.95. The normalized spacial score (nSPS) is 11.1. The Balaban J connectivity index is 2.59. The predicted molar refractivity (Wildman–Crippen MR) is 64.1 cm³/mol. The van der Waals surface area contributed by atoms with Gasteiger partial charge in [-0.3, -0.25) is 13.8 Å². The molecule has 0 aromatic heterocycles. The number of hydrogen-bond donors (Lipinski definition) is 1. The summed E-state index contributed by atoms with van der Waals surface area (Å²) in [5, 5.41) is 2.59. The highest BCUT2D eigenvalue weighted by Crippen LogP contribution is 2.47. The lowest BCUT2D eigenvalue weighted by Gasteiger charge is -2.12. The van der Waals surface area contributed by atoms with Gasteiger partial charge >= 0.3 is 7.82 Å². The van der Waals surface area contributed by atoms with E-state index in [1.807, 2.05) is 0 Å². The third kappa shape index (κ3) is 4.46.